The van der Waals surface area contributed by atoms with Crippen LogP contribution in [-0.4, -0.2) is 38.4 Å². The van der Waals surface area contributed by atoms with E-state index in [0.717, 1.165) is 13.0 Å². The maximum atomic E-state index is 11.2. The van der Waals surface area contributed by atoms with Crippen molar-refractivity contribution in [2.75, 3.05) is 20.3 Å². The molecule has 0 bridgehead atoms. The van der Waals surface area contributed by atoms with Crippen LogP contribution in [0.3, 0.4) is 0 Å². The van der Waals surface area contributed by atoms with Crippen LogP contribution in [-0.2, 0) is 14.3 Å². The molecule has 2 atom stereocenters. The van der Waals surface area contributed by atoms with Gasteiger partial charge in [-0.25, -0.2) is 0 Å². The summed E-state index contributed by atoms with van der Waals surface area (Å²) in [5, 5.41) is 3.34. The molecule has 4 heteroatoms. The molecule has 0 amide bonds. The van der Waals surface area contributed by atoms with E-state index >= 15 is 0 Å². The summed E-state index contributed by atoms with van der Waals surface area (Å²) in [6.45, 7) is 3.16. The zero-order valence-electron chi connectivity index (χ0n) is 10.8. The third kappa shape index (κ3) is 2.33. The van der Waals surface area contributed by atoms with Crippen LogP contribution in [0.4, 0.5) is 0 Å². The molecule has 0 aromatic heterocycles. The van der Waals surface area contributed by atoms with Crippen molar-refractivity contribution in [3.05, 3.63) is 0 Å². The van der Waals surface area contributed by atoms with Crippen LogP contribution in [0.2, 0.25) is 0 Å². The minimum atomic E-state index is -0.182. The van der Waals surface area contributed by atoms with E-state index in [-0.39, 0.29) is 5.97 Å². The van der Waals surface area contributed by atoms with Gasteiger partial charge in [0.05, 0.1) is 19.8 Å². The molecule has 2 saturated carbocycles. The molecule has 2 rings (SSSR count). The lowest BCUT2D eigenvalue weighted by molar-refractivity contribution is -0.145. The molecule has 2 fully saturated rings. The Morgan fingerprint density at radius 3 is 2.71 bits per heavy atom. The first-order valence-corrected chi connectivity index (χ1v) is 6.64. The van der Waals surface area contributed by atoms with E-state index in [1.165, 1.54) is 32.8 Å². The van der Waals surface area contributed by atoms with Crippen LogP contribution in [0.5, 0.6) is 0 Å². The van der Waals surface area contributed by atoms with Gasteiger partial charge in [0, 0.05) is 18.1 Å². The van der Waals surface area contributed by atoms with Crippen molar-refractivity contribution < 1.29 is 14.3 Å². The normalized spacial score (nSPS) is 30.2. The van der Waals surface area contributed by atoms with Gasteiger partial charge in [-0.1, -0.05) is 12.8 Å². The highest BCUT2D eigenvalue weighted by molar-refractivity contribution is 5.71. The molecule has 4 nitrogen and oxygen atoms in total. The first kappa shape index (κ1) is 12.8. The van der Waals surface area contributed by atoms with Crippen LogP contribution in [0.25, 0.3) is 0 Å². The van der Waals surface area contributed by atoms with Gasteiger partial charge >= 0.3 is 5.97 Å². The van der Waals surface area contributed by atoms with Gasteiger partial charge in [-0.2, -0.15) is 0 Å². The zero-order valence-corrected chi connectivity index (χ0v) is 10.8. The van der Waals surface area contributed by atoms with Gasteiger partial charge in [0.1, 0.15) is 0 Å². The predicted octanol–water partition coefficient (Wildman–Crippen LogP) is 1.49. The molecule has 0 aromatic rings. The number of hydrogen-bond acceptors (Lipinski definition) is 4. The second kappa shape index (κ2) is 5.36. The first-order chi connectivity index (χ1) is 8.23. The summed E-state index contributed by atoms with van der Waals surface area (Å²) < 4.78 is 10.5. The van der Waals surface area contributed by atoms with Gasteiger partial charge in [-0.3, -0.25) is 4.79 Å². The van der Waals surface area contributed by atoms with Crippen molar-refractivity contribution in [3.63, 3.8) is 0 Å². The Kier molecular flexibility index (Phi) is 4.05. The summed E-state index contributed by atoms with van der Waals surface area (Å²) >= 11 is 0. The number of ether oxygens (including phenoxy) is 2. The fourth-order valence-electron chi connectivity index (χ4n) is 3.45. The van der Waals surface area contributed by atoms with Gasteiger partial charge in [-0.15, -0.1) is 0 Å². The fourth-order valence-corrected chi connectivity index (χ4v) is 3.45. The molecule has 98 valence electrons. The van der Waals surface area contributed by atoms with E-state index < -0.39 is 0 Å². The standard InChI is InChI=1S/C13H23NO3/c1-3-17-11-8-10(14-9-12(15)16-2)13(11)6-4-5-7-13/h10-11,14H,3-9H2,1-2H3. The molecule has 0 saturated heterocycles. The number of hydrogen-bond donors (Lipinski definition) is 1. The van der Waals surface area contributed by atoms with Crippen LogP contribution in [0.1, 0.15) is 39.0 Å². The van der Waals surface area contributed by atoms with Crippen LogP contribution in [0, 0.1) is 5.41 Å². The summed E-state index contributed by atoms with van der Waals surface area (Å²) in [5.41, 5.74) is 0.296. The number of methoxy groups -OCH3 is 1. The molecule has 2 aliphatic carbocycles. The van der Waals surface area contributed by atoms with Gasteiger partial charge in [0.2, 0.25) is 0 Å². The summed E-state index contributed by atoms with van der Waals surface area (Å²) in [6.07, 6.45) is 6.47. The van der Waals surface area contributed by atoms with Crippen molar-refractivity contribution in [2.24, 2.45) is 5.41 Å². The van der Waals surface area contributed by atoms with Crippen LogP contribution in [0.15, 0.2) is 0 Å². The average Bonchev–Trinajstić information content (AvgIpc) is 2.84. The minimum absolute atomic E-state index is 0.182. The summed E-state index contributed by atoms with van der Waals surface area (Å²) in [5.74, 6) is -0.182. The van der Waals surface area contributed by atoms with Gasteiger partial charge in [0.25, 0.3) is 0 Å². The number of rotatable bonds is 5. The Labute approximate surface area is 103 Å². The molecule has 2 aliphatic rings. The second-order valence-electron chi connectivity index (χ2n) is 5.13. The van der Waals surface area contributed by atoms with E-state index in [0.29, 0.717) is 24.1 Å². The van der Waals surface area contributed by atoms with Crippen LogP contribution >= 0.6 is 0 Å². The van der Waals surface area contributed by atoms with Gasteiger partial charge in [-0.05, 0) is 26.2 Å². The molecule has 0 radical (unpaired) electrons. The summed E-state index contributed by atoms with van der Waals surface area (Å²) in [4.78, 5) is 11.2. The predicted molar refractivity (Wildman–Crippen MR) is 64.7 cm³/mol. The number of carbonyl (C=O) groups is 1. The zero-order chi connectivity index (χ0) is 12.3. The minimum Gasteiger partial charge on any atom is -0.468 e. The third-order valence-corrected chi connectivity index (χ3v) is 4.41. The Morgan fingerprint density at radius 2 is 2.12 bits per heavy atom. The maximum absolute atomic E-state index is 11.2. The Hall–Kier alpha value is -0.610. The Bertz CT molecular complexity index is 274. The van der Waals surface area contributed by atoms with E-state index in [4.69, 9.17) is 4.74 Å². The van der Waals surface area contributed by atoms with E-state index in [1.54, 1.807) is 0 Å². The smallest absolute Gasteiger partial charge is 0.319 e. The lowest BCUT2D eigenvalue weighted by Gasteiger charge is -2.54. The molecule has 0 aromatic carbocycles. The number of esters is 1. The Balaban J connectivity index is 1.89. The molecule has 0 heterocycles. The molecule has 1 N–H and O–H groups in total. The molecule has 1 spiro atoms. The SMILES string of the molecule is CCOC1CC(NCC(=O)OC)C12CCCC2. The van der Waals surface area contributed by atoms with Gasteiger partial charge < -0.3 is 14.8 Å². The van der Waals surface area contributed by atoms with Crippen molar-refractivity contribution in [3.8, 4) is 0 Å². The fraction of sp³-hybridized carbons (Fsp3) is 0.923. The highest BCUT2D eigenvalue weighted by Gasteiger charge is 2.56. The van der Waals surface area contributed by atoms with Gasteiger partial charge in [0.15, 0.2) is 0 Å². The van der Waals surface area contributed by atoms with Crippen molar-refractivity contribution in [1.29, 1.82) is 0 Å². The quantitative estimate of drug-likeness (QED) is 0.741. The molecular weight excluding hydrogens is 218 g/mol. The van der Waals surface area contributed by atoms with E-state index in [2.05, 4.69) is 17.0 Å². The number of carbonyl (C=O) groups excluding carboxylic acids is 1. The molecule has 17 heavy (non-hydrogen) atoms. The monoisotopic (exact) mass is 241 g/mol. The third-order valence-electron chi connectivity index (χ3n) is 4.41. The molecule has 2 unspecified atom stereocenters. The lowest BCUT2D eigenvalue weighted by Crippen LogP contribution is -2.63. The van der Waals surface area contributed by atoms with Crippen molar-refractivity contribution >= 4 is 5.97 Å². The Morgan fingerprint density at radius 1 is 1.41 bits per heavy atom. The second-order valence-corrected chi connectivity index (χ2v) is 5.13. The molecular formula is C13H23NO3. The average molecular weight is 241 g/mol. The number of nitrogens with one attached hydrogen (secondary N) is 1. The van der Waals surface area contributed by atoms with Crippen molar-refractivity contribution in [2.45, 2.75) is 51.2 Å². The van der Waals surface area contributed by atoms with Crippen molar-refractivity contribution in [1.82, 2.24) is 5.32 Å². The summed E-state index contributed by atoms with van der Waals surface area (Å²) in [6, 6.07) is 0.431. The lowest BCUT2D eigenvalue weighted by atomic mass is 9.60. The maximum Gasteiger partial charge on any atom is 0.319 e. The van der Waals surface area contributed by atoms with Crippen LogP contribution < -0.4 is 5.32 Å². The highest BCUT2D eigenvalue weighted by Crippen LogP contribution is 2.54. The summed E-state index contributed by atoms with van der Waals surface area (Å²) in [7, 11) is 1.43. The highest BCUT2D eigenvalue weighted by atomic mass is 16.5. The van der Waals surface area contributed by atoms with E-state index in [1.807, 2.05) is 0 Å². The first-order valence-electron chi connectivity index (χ1n) is 6.64. The largest absolute Gasteiger partial charge is 0.468 e. The topological polar surface area (TPSA) is 47.6 Å². The molecule has 0 aliphatic heterocycles. The van der Waals surface area contributed by atoms with E-state index in [9.17, 15) is 4.79 Å².